The van der Waals surface area contributed by atoms with Crippen LogP contribution in [0, 0.1) is 0 Å². The average molecular weight is 443 g/mol. The van der Waals surface area contributed by atoms with Crippen molar-refractivity contribution in [3.05, 3.63) is 60.3 Å². The van der Waals surface area contributed by atoms with Gasteiger partial charge in [0.25, 0.3) is 0 Å². The summed E-state index contributed by atoms with van der Waals surface area (Å²) in [6.07, 6.45) is 3.57. The molecule has 1 aliphatic rings. The Morgan fingerprint density at radius 2 is 2.00 bits per heavy atom. The molecule has 8 nitrogen and oxygen atoms in total. The van der Waals surface area contributed by atoms with Crippen molar-refractivity contribution in [2.45, 2.75) is 13.2 Å². The third kappa shape index (κ3) is 4.23. The highest BCUT2D eigenvalue weighted by molar-refractivity contribution is 5.85. The summed E-state index contributed by atoms with van der Waals surface area (Å²) in [6.45, 7) is 5.12. The van der Waals surface area contributed by atoms with Gasteiger partial charge in [-0.2, -0.15) is 0 Å². The summed E-state index contributed by atoms with van der Waals surface area (Å²) in [5, 5.41) is 14.1. The second-order valence-electron chi connectivity index (χ2n) is 7.23. The lowest BCUT2D eigenvalue weighted by Crippen LogP contribution is -2.44. The third-order valence-electron chi connectivity index (χ3n) is 5.36. The highest BCUT2D eigenvalue weighted by Crippen LogP contribution is 2.25. The molecular weight excluding hydrogens is 420 g/mol. The van der Waals surface area contributed by atoms with Crippen LogP contribution in [-0.4, -0.2) is 52.0 Å². The molecular formula is C22H23ClN4O4. The van der Waals surface area contributed by atoms with Crippen LogP contribution >= 0.6 is 12.4 Å². The van der Waals surface area contributed by atoms with E-state index in [0.29, 0.717) is 46.7 Å². The number of nitrogens with zero attached hydrogens (tertiary/aromatic N) is 4. The molecule has 5 rings (SSSR count). The van der Waals surface area contributed by atoms with Crippen LogP contribution in [0.15, 0.2) is 64.6 Å². The van der Waals surface area contributed by atoms with Crippen LogP contribution in [0.2, 0.25) is 0 Å². The van der Waals surface area contributed by atoms with Crippen LogP contribution in [0.4, 0.5) is 0 Å². The number of hydrogen-bond acceptors (Lipinski definition) is 7. The molecule has 0 saturated carbocycles. The normalized spacial score (nSPS) is 16.4. The van der Waals surface area contributed by atoms with Crippen LogP contribution in [0.25, 0.3) is 27.9 Å². The molecule has 0 aliphatic carbocycles. The van der Waals surface area contributed by atoms with E-state index in [1.165, 1.54) is 0 Å². The van der Waals surface area contributed by atoms with Crippen LogP contribution < -0.4 is 10.1 Å². The van der Waals surface area contributed by atoms with Gasteiger partial charge < -0.3 is 23.5 Å². The predicted octanol–water partition coefficient (Wildman–Crippen LogP) is 3.52. The molecule has 1 N–H and O–H groups in total. The highest BCUT2D eigenvalue weighted by atomic mass is 35.5. The van der Waals surface area contributed by atoms with Crippen molar-refractivity contribution >= 4 is 28.9 Å². The first-order chi connectivity index (χ1) is 14.7. The van der Waals surface area contributed by atoms with Gasteiger partial charge in [0.2, 0.25) is 0 Å². The van der Waals surface area contributed by atoms with Crippen molar-refractivity contribution < 1.29 is 19.1 Å². The van der Waals surface area contributed by atoms with E-state index in [-0.39, 0.29) is 18.6 Å². The third-order valence-corrected chi connectivity index (χ3v) is 5.36. The number of morpholine rings is 1. The fourth-order valence-electron chi connectivity index (χ4n) is 3.71. The van der Waals surface area contributed by atoms with Gasteiger partial charge in [-0.1, -0.05) is 5.16 Å². The zero-order valence-corrected chi connectivity index (χ0v) is 17.8. The molecule has 0 radical (unpaired) electrons. The van der Waals surface area contributed by atoms with Crippen molar-refractivity contribution in [3.63, 3.8) is 0 Å². The van der Waals surface area contributed by atoms with E-state index in [4.69, 9.17) is 13.9 Å². The van der Waals surface area contributed by atoms with E-state index in [9.17, 15) is 5.21 Å². The average Bonchev–Trinajstić information content (AvgIpc) is 3.27. The maximum atomic E-state index is 9.62. The van der Waals surface area contributed by atoms with Crippen molar-refractivity contribution in [1.82, 2.24) is 14.3 Å². The van der Waals surface area contributed by atoms with E-state index in [1.807, 2.05) is 53.9 Å². The smallest absolute Gasteiger partial charge is 0.155 e. The van der Waals surface area contributed by atoms with Crippen molar-refractivity contribution in [2.24, 2.45) is 5.16 Å². The first-order valence-corrected chi connectivity index (χ1v) is 9.89. The van der Waals surface area contributed by atoms with Gasteiger partial charge >= 0.3 is 0 Å². The second kappa shape index (κ2) is 8.97. The Labute approximate surface area is 184 Å². The number of rotatable bonds is 4. The number of ether oxygens (including phenoxy) is 2. The quantitative estimate of drug-likeness (QED) is 0.384. The van der Waals surface area contributed by atoms with E-state index in [0.717, 1.165) is 18.6 Å². The standard InChI is InChI=1S/C22H22N4O4.ClH/c1-15(25-7-9-28-10-8-25)29-17-4-5-21-18(12-17)19(24-27)13-22(30-21)20-11-16-3-2-6-26(16)14-23-20;/h2-6,11-15,27H,7-10H2,1H3;1H/b24-19+;. The molecule has 9 heteroatoms. The largest absolute Gasteiger partial charge is 0.475 e. The van der Waals surface area contributed by atoms with E-state index in [2.05, 4.69) is 15.0 Å². The molecule has 3 aromatic heterocycles. The summed E-state index contributed by atoms with van der Waals surface area (Å²) in [5.41, 5.74) is 2.25. The summed E-state index contributed by atoms with van der Waals surface area (Å²) < 4.78 is 19.5. The second-order valence-corrected chi connectivity index (χ2v) is 7.23. The molecule has 31 heavy (non-hydrogen) atoms. The Hall–Kier alpha value is -3.07. The van der Waals surface area contributed by atoms with E-state index < -0.39 is 0 Å². The van der Waals surface area contributed by atoms with Gasteiger partial charge in [-0.3, -0.25) is 4.90 Å². The Morgan fingerprint density at radius 3 is 2.81 bits per heavy atom. The highest BCUT2D eigenvalue weighted by Gasteiger charge is 2.18. The summed E-state index contributed by atoms with van der Waals surface area (Å²) in [4.78, 5) is 6.67. The topological polar surface area (TPSA) is 84.7 Å². The molecule has 1 unspecified atom stereocenters. The van der Waals surface area contributed by atoms with Gasteiger partial charge in [-0.05, 0) is 43.3 Å². The summed E-state index contributed by atoms with van der Waals surface area (Å²) in [7, 11) is 0. The van der Waals surface area contributed by atoms with Crippen molar-refractivity contribution in [2.75, 3.05) is 26.3 Å². The lowest BCUT2D eigenvalue weighted by molar-refractivity contribution is -0.0372. The molecule has 0 bridgehead atoms. The van der Waals surface area contributed by atoms with Crippen LogP contribution in [-0.2, 0) is 4.74 Å². The lowest BCUT2D eigenvalue weighted by Gasteiger charge is -2.32. The molecule has 1 atom stereocenters. The fourth-order valence-corrected chi connectivity index (χ4v) is 3.71. The monoisotopic (exact) mass is 442 g/mol. The molecule has 1 fully saturated rings. The van der Waals surface area contributed by atoms with Gasteiger partial charge in [0.1, 0.15) is 28.6 Å². The SMILES string of the molecule is CC(Oc1ccc2oc(-c3cc4cccn4cn3)c/c(=N\O)c2c1)N1CCOCC1.Cl. The molecule has 0 amide bonds. The number of benzene rings is 1. The zero-order chi connectivity index (χ0) is 20.5. The first-order valence-electron chi connectivity index (χ1n) is 9.89. The molecule has 162 valence electrons. The van der Waals surface area contributed by atoms with Gasteiger partial charge in [0, 0.05) is 30.9 Å². The molecule has 1 aliphatic heterocycles. The van der Waals surface area contributed by atoms with Gasteiger partial charge in [0.05, 0.1) is 24.9 Å². The maximum Gasteiger partial charge on any atom is 0.155 e. The Balaban J connectivity index is 0.00000231. The Bertz CT molecular complexity index is 1260. The molecule has 4 aromatic rings. The van der Waals surface area contributed by atoms with Crippen LogP contribution in [0.1, 0.15) is 6.92 Å². The van der Waals surface area contributed by atoms with E-state index in [1.54, 1.807) is 12.4 Å². The Kier molecular flexibility index (Phi) is 6.13. The number of halogens is 1. The minimum absolute atomic E-state index is 0. The van der Waals surface area contributed by atoms with Crippen LogP contribution in [0.5, 0.6) is 5.75 Å². The van der Waals surface area contributed by atoms with Crippen molar-refractivity contribution in [3.8, 4) is 17.2 Å². The summed E-state index contributed by atoms with van der Waals surface area (Å²) >= 11 is 0. The number of fused-ring (bicyclic) bond motifs is 2. The number of hydrogen-bond donors (Lipinski definition) is 1. The summed E-state index contributed by atoms with van der Waals surface area (Å²) in [5.74, 6) is 1.21. The van der Waals surface area contributed by atoms with Crippen LogP contribution in [0.3, 0.4) is 0 Å². The molecule has 1 aromatic carbocycles. The molecule has 4 heterocycles. The zero-order valence-electron chi connectivity index (χ0n) is 17.0. The fraction of sp³-hybridized carbons (Fsp3) is 0.273. The molecule has 1 saturated heterocycles. The van der Waals surface area contributed by atoms with Gasteiger partial charge in [0.15, 0.2) is 5.76 Å². The maximum absolute atomic E-state index is 9.62. The van der Waals surface area contributed by atoms with E-state index >= 15 is 0 Å². The number of aromatic nitrogens is 2. The Morgan fingerprint density at radius 1 is 1.16 bits per heavy atom. The minimum atomic E-state index is -0.0879. The predicted molar refractivity (Wildman–Crippen MR) is 117 cm³/mol. The van der Waals surface area contributed by atoms with Gasteiger partial charge in [-0.15, -0.1) is 12.4 Å². The summed E-state index contributed by atoms with van der Waals surface area (Å²) in [6, 6.07) is 13.1. The lowest BCUT2D eigenvalue weighted by atomic mass is 10.2. The first kappa shape index (κ1) is 21.2. The molecule has 0 spiro atoms. The van der Waals surface area contributed by atoms with Crippen molar-refractivity contribution in [1.29, 1.82) is 0 Å². The minimum Gasteiger partial charge on any atom is -0.475 e. The van der Waals surface area contributed by atoms with Gasteiger partial charge in [-0.25, -0.2) is 4.98 Å².